The van der Waals surface area contributed by atoms with E-state index in [0.29, 0.717) is 6.54 Å². The maximum atomic E-state index is 9.58. The normalized spacial score (nSPS) is 10.9. The molecule has 0 bridgehead atoms. The number of hydrogen-bond acceptors (Lipinski definition) is 2. The van der Waals surface area contributed by atoms with Gasteiger partial charge < -0.3 is 5.11 Å². The third-order valence-corrected chi connectivity index (χ3v) is 1.98. The second kappa shape index (κ2) is 5.91. The van der Waals surface area contributed by atoms with Gasteiger partial charge in [0.1, 0.15) is 0 Å². The SMILES string of the molecule is CC.CCc1cn(CC(C)(C)O)nc1C. The molecule has 3 nitrogen and oxygen atoms in total. The Kier molecular flexibility index (Phi) is 5.58. The largest absolute Gasteiger partial charge is 0.389 e. The Bertz CT molecular complexity index is 284. The molecule has 0 aliphatic carbocycles. The van der Waals surface area contributed by atoms with E-state index in [0.717, 1.165) is 12.1 Å². The van der Waals surface area contributed by atoms with Gasteiger partial charge in [0.2, 0.25) is 0 Å². The first-order valence-electron chi connectivity index (χ1n) is 5.67. The van der Waals surface area contributed by atoms with Crippen molar-refractivity contribution in [1.82, 2.24) is 9.78 Å². The number of nitrogens with zero attached hydrogens (tertiary/aromatic N) is 2. The summed E-state index contributed by atoms with van der Waals surface area (Å²) in [7, 11) is 0. The van der Waals surface area contributed by atoms with Gasteiger partial charge in [0, 0.05) is 6.20 Å². The average Bonchev–Trinajstić information content (AvgIpc) is 2.46. The standard InChI is InChI=1S/C10H18N2O.C2H6/c1-5-9-6-12(11-8(9)2)7-10(3,4)13;1-2/h6,13H,5,7H2,1-4H3;1-2H3. The predicted molar refractivity (Wildman–Crippen MR) is 64.0 cm³/mol. The molecule has 0 aromatic carbocycles. The summed E-state index contributed by atoms with van der Waals surface area (Å²) in [5.41, 5.74) is 1.62. The van der Waals surface area contributed by atoms with E-state index in [4.69, 9.17) is 0 Å². The van der Waals surface area contributed by atoms with Crippen LogP contribution in [0.15, 0.2) is 6.20 Å². The molecule has 0 radical (unpaired) electrons. The molecule has 1 aromatic rings. The Labute approximate surface area is 93.1 Å². The van der Waals surface area contributed by atoms with E-state index in [1.165, 1.54) is 5.56 Å². The van der Waals surface area contributed by atoms with Gasteiger partial charge in [0.05, 0.1) is 17.8 Å². The van der Waals surface area contributed by atoms with Crippen molar-refractivity contribution >= 4 is 0 Å². The molecule has 15 heavy (non-hydrogen) atoms. The molecule has 0 saturated heterocycles. The smallest absolute Gasteiger partial charge is 0.0786 e. The van der Waals surface area contributed by atoms with Crippen molar-refractivity contribution in [2.24, 2.45) is 0 Å². The molecule has 0 unspecified atom stereocenters. The number of rotatable bonds is 3. The van der Waals surface area contributed by atoms with Gasteiger partial charge in [-0.1, -0.05) is 20.8 Å². The molecule has 0 aliphatic heterocycles. The second-order valence-corrected chi connectivity index (χ2v) is 4.10. The van der Waals surface area contributed by atoms with Gasteiger partial charge >= 0.3 is 0 Å². The maximum absolute atomic E-state index is 9.58. The van der Waals surface area contributed by atoms with Crippen LogP contribution < -0.4 is 0 Å². The molecule has 1 N–H and O–H groups in total. The lowest BCUT2D eigenvalue weighted by Gasteiger charge is -2.16. The molecule has 1 heterocycles. The first-order valence-corrected chi connectivity index (χ1v) is 5.67. The van der Waals surface area contributed by atoms with Crippen molar-refractivity contribution in [1.29, 1.82) is 0 Å². The molecular weight excluding hydrogens is 188 g/mol. The van der Waals surface area contributed by atoms with Crippen molar-refractivity contribution < 1.29 is 5.11 Å². The molecule has 0 saturated carbocycles. The van der Waals surface area contributed by atoms with Crippen LogP contribution in [0, 0.1) is 6.92 Å². The third kappa shape index (κ3) is 4.98. The minimum atomic E-state index is -0.691. The van der Waals surface area contributed by atoms with Gasteiger partial charge in [-0.15, -0.1) is 0 Å². The van der Waals surface area contributed by atoms with Crippen molar-refractivity contribution in [3.05, 3.63) is 17.5 Å². The van der Waals surface area contributed by atoms with Crippen molar-refractivity contribution in [3.63, 3.8) is 0 Å². The highest BCUT2D eigenvalue weighted by molar-refractivity contribution is 5.14. The topological polar surface area (TPSA) is 38.0 Å². The molecule has 0 fully saturated rings. The van der Waals surface area contributed by atoms with E-state index in [1.807, 2.05) is 31.6 Å². The summed E-state index contributed by atoms with van der Waals surface area (Å²) in [6.45, 7) is 12.2. The fourth-order valence-electron chi connectivity index (χ4n) is 1.38. The molecule has 0 atom stereocenters. The summed E-state index contributed by atoms with van der Waals surface area (Å²) >= 11 is 0. The zero-order valence-corrected chi connectivity index (χ0v) is 10.8. The molecule has 88 valence electrons. The zero-order chi connectivity index (χ0) is 12.1. The van der Waals surface area contributed by atoms with E-state index in [1.54, 1.807) is 13.8 Å². The Hall–Kier alpha value is -0.830. The van der Waals surface area contributed by atoms with Crippen molar-refractivity contribution in [2.75, 3.05) is 0 Å². The summed E-state index contributed by atoms with van der Waals surface area (Å²) in [6.07, 6.45) is 3.00. The van der Waals surface area contributed by atoms with Gasteiger partial charge in [-0.2, -0.15) is 5.10 Å². The van der Waals surface area contributed by atoms with Crippen LogP contribution in [-0.2, 0) is 13.0 Å². The summed E-state index contributed by atoms with van der Waals surface area (Å²) in [6, 6.07) is 0. The highest BCUT2D eigenvalue weighted by Gasteiger charge is 2.14. The molecule has 1 rings (SSSR count). The maximum Gasteiger partial charge on any atom is 0.0786 e. The summed E-state index contributed by atoms with van der Waals surface area (Å²) < 4.78 is 1.81. The zero-order valence-electron chi connectivity index (χ0n) is 10.8. The van der Waals surface area contributed by atoms with Crippen LogP contribution in [0.5, 0.6) is 0 Å². The van der Waals surface area contributed by atoms with Crippen LogP contribution in [0.4, 0.5) is 0 Å². The molecule has 0 spiro atoms. The first-order chi connectivity index (χ1) is 6.92. The lowest BCUT2D eigenvalue weighted by molar-refractivity contribution is 0.0576. The Balaban J connectivity index is 0.000000921. The fraction of sp³-hybridized carbons (Fsp3) is 0.750. The third-order valence-electron chi connectivity index (χ3n) is 1.98. The van der Waals surface area contributed by atoms with Crippen LogP contribution in [0.1, 0.15) is 45.9 Å². The summed E-state index contributed by atoms with van der Waals surface area (Å²) in [5.74, 6) is 0. The van der Waals surface area contributed by atoms with Crippen molar-refractivity contribution in [3.8, 4) is 0 Å². The second-order valence-electron chi connectivity index (χ2n) is 4.10. The Morgan fingerprint density at radius 1 is 1.40 bits per heavy atom. The highest BCUT2D eigenvalue weighted by atomic mass is 16.3. The molecule has 3 heteroatoms. The minimum absolute atomic E-state index is 0.549. The Morgan fingerprint density at radius 3 is 2.27 bits per heavy atom. The summed E-state index contributed by atoms with van der Waals surface area (Å²) in [5, 5.41) is 13.9. The van der Waals surface area contributed by atoms with Gasteiger partial charge in [-0.05, 0) is 32.8 Å². The van der Waals surface area contributed by atoms with E-state index in [9.17, 15) is 5.11 Å². The van der Waals surface area contributed by atoms with E-state index < -0.39 is 5.60 Å². The Morgan fingerprint density at radius 2 is 1.93 bits per heavy atom. The van der Waals surface area contributed by atoms with Crippen LogP contribution in [0.2, 0.25) is 0 Å². The molecule has 0 aliphatic rings. The lowest BCUT2D eigenvalue weighted by atomic mass is 10.1. The van der Waals surface area contributed by atoms with E-state index in [2.05, 4.69) is 12.0 Å². The van der Waals surface area contributed by atoms with Crippen LogP contribution in [0.3, 0.4) is 0 Å². The number of aryl methyl sites for hydroxylation is 2. The summed E-state index contributed by atoms with van der Waals surface area (Å²) in [4.78, 5) is 0. The average molecular weight is 212 g/mol. The lowest BCUT2D eigenvalue weighted by Crippen LogP contribution is -2.26. The van der Waals surface area contributed by atoms with Gasteiger partial charge in [-0.3, -0.25) is 4.68 Å². The van der Waals surface area contributed by atoms with Crippen LogP contribution in [-0.4, -0.2) is 20.5 Å². The number of hydrogen-bond donors (Lipinski definition) is 1. The molecular formula is C12H24N2O. The molecule has 0 amide bonds. The first kappa shape index (κ1) is 14.2. The highest BCUT2D eigenvalue weighted by Crippen LogP contribution is 2.10. The van der Waals surface area contributed by atoms with E-state index in [-0.39, 0.29) is 0 Å². The van der Waals surface area contributed by atoms with Gasteiger partial charge in [0.25, 0.3) is 0 Å². The minimum Gasteiger partial charge on any atom is -0.389 e. The predicted octanol–water partition coefficient (Wildman–Crippen LogP) is 2.55. The fourth-order valence-corrected chi connectivity index (χ4v) is 1.38. The van der Waals surface area contributed by atoms with Gasteiger partial charge in [-0.25, -0.2) is 0 Å². The number of aromatic nitrogens is 2. The van der Waals surface area contributed by atoms with Crippen LogP contribution in [0.25, 0.3) is 0 Å². The monoisotopic (exact) mass is 212 g/mol. The van der Waals surface area contributed by atoms with Gasteiger partial charge in [0.15, 0.2) is 0 Å². The van der Waals surface area contributed by atoms with Crippen LogP contribution >= 0.6 is 0 Å². The molecule has 1 aromatic heterocycles. The van der Waals surface area contributed by atoms with E-state index >= 15 is 0 Å². The number of aliphatic hydroxyl groups is 1. The van der Waals surface area contributed by atoms with Crippen molar-refractivity contribution in [2.45, 2.75) is 60.1 Å². The quantitative estimate of drug-likeness (QED) is 0.836.